The Morgan fingerprint density at radius 1 is 1.15 bits per heavy atom. The Morgan fingerprint density at radius 2 is 1.92 bits per heavy atom. The molecule has 0 saturated carbocycles. The maximum atomic E-state index is 4.86. The molecule has 13 heavy (non-hydrogen) atoms. The van der Waals surface area contributed by atoms with E-state index in [1.165, 1.54) is 11.9 Å². The molecule has 2 aromatic rings. The van der Waals surface area contributed by atoms with Crippen LogP contribution in [0.1, 0.15) is 0 Å². The summed E-state index contributed by atoms with van der Waals surface area (Å²) in [5.74, 6) is 1.03. The zero-order chi connectivity index (χ0) is 9.10. The Labute approximate surface area is 74.2 Å². The van der Waals surface area contributed by atoms with Crippen LogP contribution in [0.5, 0.6) is 5.88 Å². The monoisotopic (exact) mass is 177 g/mol. The maximum Gasteiger partial charge on any atom is 0.233 e. The van der Waals surface area contributed by atoms with E-state index in [4.69, 9.17) is 4.74 Å². The molecule has 6 heteroatoms. The number of aromatic nitrogens is 5. The van der Waals surface area contributed by atoms with Gasteiger partial charge in [-0.05, 0) is 6.07 Å². The number of ether oxygens (including phenoxy) is 1. The lowest BCUT2D eigenvalue weighted by Gasteiger charge is -1.98. The summed E-state index contributed by atoms with van der Waals surface area (Å²) in [6.07, 6.45) is 3.15. The third kappa shape index (κ3) is 1.46. The van der Waals surface area contributed by atoms with Gasteiger partial charge in [-0.1, -0.05) is 0 Å². The SMILES string of the molecule is COc1ccc(-n2nccn2)nn1. The fraction of sp³-hybridized carbons (Fsp3) is 0.143. The van der Waals surface area contributed by atoms with Crippen LogP contribution in [0.4, 0.5) is 0 Å². The van der Waals surface area contributed by atoms with Crippen LogP contribution < -0.4 is 4.74 Å². The van der Waals surface area contributed by atoms with E-state index in [0.29, 0.717) is 11.7 Å². The predicted octanol–water partition coefficient (Wildman–Crippen LogP) is 0.0659. The van der Waals surface area contributed by atoms with E-state index in [-0.39, 0.29) is 0 Å². The fourth-order valence-corrected chi connectivity index (χ4v) is 0.863. The minimum atomic E-state index is 0.468. The maximum absolute atomic E-state index is 4.86. The second-order valence-corrected chi connectivity index (χ2v) is 2.25. The molecular weight excluding hydrogens is 170 g/mol. The third-order valence-electron chi connectivity index (χ3n) is 1.46. The van der Waals surface area contributed by atoms with E-state index in [2.05, 4.69) is 20.4 Å². The normalized spacial score (nSPS) is 9.92. The molecule has 2 heterocycles. The largest absolute Gasteiger partial charge is 0.480 e. The van der Waals surface area contributed by atoms with Crippen molar-refractivity contribution in [2.45, 2.75) is 0 Å². The molecule has 0 atom stereocenters. The van der Waals surface area contributed by atoms with Gasteiger partial charge in [0.1, 0.15) is 0 Å². The van der Waals surface area contributed by atoms with E-state index in [1.54, 1.807) is 24.5 Å². The third-order valence-corrected chi connectivity index (χ3v) is 1.46. The van der Waals surface area contributed by atoms with Crippen molar-refractivity contribution in [3.05, 3.63) is 24.5 Å². The smallest absolute Gasteiger partial charge is 0.233 e. The number of hydrogen-bond donors (Lipinski definition) is 0. The Balaban J connectivity index is 2.33. The molecule has 6 nitrogen and oxygen atoms in total. The lowest BCUT2D eigenvalue weighted by Crippen LogP contribution is -2.02. The molecule has 0 saturated heterocycles. The highest BCUT2D eigenvalue weighted by Crippen LogP contribution is 2.04. The predicted molar refractivity (Wildman–Crippen MR) is 43.5 cm³/mol. The lowest BCUT2D eigenvalue weighted by atomic mass is 10.5. The molecule has 0 aromatic carbocycles. The minimum absolute atomic E-state index is 0.468. The summed E-state index contributed by atoms with van der Waals surface area (Å²) in [4.78, 5) is 1.38. The number of nitrogens with zero attached hydrogens (tertiary/aromatic N) is 5. The molecule has 0 radical (unpaired) electrons. The average Bonchev–Trinajstić information content (AvgIpc) is 2.71. The Kier molecular flexibility index (Phi) is 1.87. The van der Waals surface area contributed by atoms with E-state index in [9.17, 15) is 0 Å². The highest BCUT2D eigenvalue weighted by molar-refractivity contribution is 5.20. The van der Waals surface area contributed by atoms with Gasteiger partial charge >= 0.3 is 0 Å². The summed E-state index contributed by atoms with van der Waals surface area (Å²) in [5.41, 5.74) is 0. The van der Waals surface area contributed by atoms with Crippen LogP contribution >= 0.6 is 0 Å². The zero-order valence-electron chi connectivity index (χ0n) is 6.95. The van der Waals surface area contributed by atoms with Crippen molar-refractivity contribution in [1.29, 1.82) is 0 Å². The van der Waals surface area contributed by atoms with Crippen molar-refractivity contribution < 1.29 is 4.74 Å². The molecule has 2 aromatic heterocycles. The summed E-state index contributed by atoms with van der Waals surface area (Å²) >= 11 is 0. The Bertz CT molecular complexity index is 368. The number of methoxy groups -OCH3 is 1. The minimum Gasteiger partial charge on any atom is -0.480 e. The molecule has 0 bridgehead atoms. The second kappa shape index (κ2) is 3.18. The molecule has 66 valence electrons. The quantitative estimate of drug-likeness (QED) is 0.649. The van der Waals surface area contributed by atoms with E-state index in [1.807, 2.05) is 0 Å². The lowest BCUT2D eigenvalue weighted by molar-refractivity contribution is 0.391. The van der Waals surface area contributed by atoms with Crippen LogP contribution in [-0.2, 0) is 0 Å². The molecule has 0 aliphatic heterocycles. The summed E-state index contributed by atoms with van der Waals surface area (Å²) in [5, 5.41) is 15.4. The summed E-state index contributed by atoms with van der Waals surface area (Å²) in [6, 6.07) is 3.43. The van der Waals surface area contributed by atoms with Gasteiger partial charge in [-0.2, -0.15) is 10.2 Å². The molecule has 0 fully saturated rings. The van der Waals surface area contributed by atoms with Crippen LogP contribution in [0, 0.1) is 0 Å². The van der Waals surface area contributed by atoms with Gasteiger partial charge in [-0.3, -0.25) is 0 Å². The van der Waals surface area contributed by atoms with E-state index < -0.39 is 0 Å². The molecule has 0 aliphatic rings. The molecule has 0 N–H and O–H groups in total. The van der Waals surface area contributed by atoms with Gasteiger partial charge in [-0.25, -0.2) is 0 Å². The summed E-state index contributed by atoms with van der Waals surface area (Å²) in [6.45, 7) is 0. The first kappa shape index (κ1) is 7.66. The van der Waals surface area contributed by atoms with Crippen LogP contribution in [-0.4, -0.2) is 32.3 Å². The average molecular weight is 177 g/mol. The van der Waals surface area contributed by atoms with Gasteiger partial charge < -0.3 is 4.74 Å². The highest BCUT2D eigenvalue weighted by atomic mass is 16.5. The van der Waals surface area contributed by atoms with Crippen molar-refractivity contribution >= 4 is 0 Å². The molecule has 0 amide bonds. The first-order valence-electron chi connectivity index (χ1n) is 3.64. The standard InChI is InChI=1S/C7H7N5O/c1-13-7-3-2-6(10-11-7)12-8-4-5-9-12/h2-5H,1H3. The van der Waals surface area contributed by atoms with E-state index in [0.717, 1.165) is 0 Å². The summed E-state index contributed by atoms with van der Waals surface area (Å²) < 4.78 is 4.86. The summed E-state index contributed by atoms with van der Waals surface area (Å²) in [7, 11) is 1.54. The topological polar surface area (TPSA) is 65.7 Å². The van der Waals surface area contributed by atoms with Crippen LogP contribution in [0.2, 0.25) is 0 Å². The first-order valence-corrected chi connectivity index (χ1v) is 3.64. The van der Waals surface area contributed by atoms with Gasteiger partial charge in [0.05, 0.1) is 19.5 Å². The molecule has 0 unspecified atom stereocenters. The van der Waals surface area contributed by atoms with Gasteiger partial charge in [-0.15, -0.1) is 15.0 Å². The highest BCUT2D eigenvalue weighted by Gasteiger charge is 1.99. The van der Waals surface area contributed by atoms with Crippen LogP contribution in [0.3, 0.4) is 0 Å². The van der Waals surface area contributed by atoms with E-state index >= 15 is 0 Å². The van der Waals surface area contributed by atoms with Gasteiger partial charge in [0.2, 0.25) is 5.88 Å². The molecule has 0 aliphatic carbocycles. The van der Waals surface area contributed by atoms with Gasteiger partial charge in [0, 0.05) is 6.07 Å². The number of rotatable bonds is 2. The molecular formula is C7H7N5O. The van der Waals surface area contributed by atoms with Crippen LogP contribution in [0.15, 0.2) is 24.5 Å². The van der Waals surface area contributed by atoms with Crippen molar-refractivity contribution in [3.63, 3.8) is 0 Å². The zero-order valence-corrected chi connectivity index (χ0v) is 6.95. The second-order valence-electron chi connectivity index (χ2n) is 2.25. The van der Waals surface area contributed by atoms with Crippen molar-refractivity contribution in [2.75, 3.05) is 7.11 Å². The Morgan fingerprint density at radius 3 is 2.46 bits per heavy atom. The first-order chi connectivity index (χ1) is 6.40. The van der Waals surface area contributed by atoms with Crippen molar-refractivity contribution in [1.82, 2.24) is 25.2 Å². The van der Waals surface area contributed by atoms with Crippen LogP contribution in [0.25, 0.3) is 5.82 Å². The fourth-order valence-electron chi connectivity index (χ4n) is 0.863. The van der Waals surface area contributed by atoms with Gasteiger partial charge in [0.25, 0.3) is 0 Å². The van der Waals surface area contributed by atoms with Crippen molar-refractivity contribution in [3.8, 4) is 11.7 Å². The van der Waals surface area contributed by atoms with Crippen molar-refractivity contribution in [2.24, 2.45) is 0 Å². The number of hydrogen-bond acceptors (Lipinski definition) is 5. The molecule has 2 rings (SSSR count). The van der Waals surface area contributed by atoms with Gasteiger partial charge in [0.15, 0.2) is 5.82 Å². The Hall–Kier alpha value is -1.98. The molecule has 0 spiro atoms.